The van der Waals surface area contributed by atoms with Crippen LogP contribution in [-0.2, 0) is 16.2 Å². The number of aryl methyl sites for hydroxylation is 1. The van der Waals surface area contributed by atoms with Crippen molar-refractivity contribution in [2.45, 2.75) is 26.0 Å². The molecule has 36 heavy (non-hydrogen) atoms. The van der Waals surface area contributed by atoms with E-state index in [4.69, 9.17) is 4.74 Å². The molecule has 7 nitrogen and oxygen atoms in total. The van der Waals surface area contributed by atoms with Crippen molar-refractivity contribution in [3.05, 3.63) is 101 Å². The summed E-state index contributed by atoms with van der Waals surface area (Å²) in [5.41, 5.74) is 3.49. The van der Waals surface area contributed by atoms with Crippen LogP contribution in [0.4, 0.5) is 0 Å². The number of pyridine rings is 1. The van der Waals surface area contributed by atoms with E-state index >= 15 is 0 Å². The number of carbonyl (C=O) groups is 2. The summed E-state index contributed by atoms with van der Waals surface area (Å²) in [4.78, 5) is 33.7. The Morgan fingerprint density at radius 1 is 1.06 bits per heavy atom. The van der Waals surface area contributed by atoms with Gasteiger partial charge in [0.15, 0.2) is 0 Å². The molecule has 1 saturated heterocycles. The van der Waals surface area contributed by atoms with E-state index in [0.29, 0.717) is 30.9 Å². The third kappa shape index (κ3) is 5.63. The van der Waals surface area contributed by atoms with Gasteiger partial charge >= 0.3 is 0 Å². The van der Waals surface area contributed by atoms with Crippen LogP contribution in [0.25, 0.3) is 5.76 Å². The molecule has 1 aliphatic rings. The average molecular weight is 486 g/mol. The minimum absolute atomic E-state index is 0.0875. The fourth-order valence-electron chi connectivity index (χ4n) is 4.39. The lowest BCUT2D eigenvalue weighted by molar-refractivity contribution is -0.139. The molecule has 1 atom stereocenters. The van der Waals surface area contributed by atoms with E-state index < -0.39 is 17.7 Å². The standard InChI is InChI=1S/C29H31N3O4/c1-20-6-4-7-21(18-20)19-36-24-10-8-23(9-11-24)27(33)25-26(22-12-14-30-15-13-22)32(29(35)28(25)34)17-5-16-31(2)3/h4,6-15,18,26,33H,5,16-17,19H2,1-3H3. The summed E-state index contributed by atoms with van der Waals surface area (Å²) in [6.45, 7) is 3.63. The predicted molar refractivity (Wildman–Crippen MR) is 138 cm³/mol. The first kappa shape index (κ1) is 25.1. The number of benzene rings is 2. The second-order valence-electron chi connectivity index (χ2n) is 9.23. The molecule has 0 radical (unpaired) electrons. The first-order valence-corrected chi connectivity index (χ1v) is 12.0. The Morgan fingerprint density at radius 3 is 2.44 bits per heavy atom. The molecule has 3 aromatic rings. The molecule has 2 heterocycles. The van der Waals surface area contributed by atoms with Gasteiger partial charge in [0.05, 0.1) is 11.6 Å². The zero-order chi connectivity index (χ0) is 25.7. The predicted octanol–water partition coefficient (Wildman–Crippen LogP) is 4.34. The Morgan fingerprint density at radius 2 is 1.78 bits per heavy atom. The van der Waals surface area contributed by atoms with Crippen LogP contribution in [-0.4, -0.2) is 58.8 Å². The molecule has 1 aromatic heterocycles. The molecule has 4 rings (SSSR count). The number of aliphatic hydroxyl groups is 1. The molecule has 186 valence electrons. The lowest BCUT2D eigenvalue weighted by Gasteiger charge is -2.25. The first-order valence-electron chi connectivity index (χ1n) is 12.0. The summed E-state index contributed by atoms with van der Waals surface area (Å²) in [5, 5.41) is 11.2. The summed E-state index contributed by atoms with van der Waals surface area (Å²) >= 11 is 0. The molecule has 1 unspecified atom stereocenters. The number of hydrogen-bond acceptors (Lipinski definition) is 6. The Hall–Kier alpha value is -3.97. The monoisotopic (exact) mass is 485 g/mol. The molecule has 7 heteroatoms. The Bertz CT molecular complexity index is 1250. The van der Waals surface area contributed by atoms with Crippen molar-refractivity contribution < 1.29 is 19.4 Å². The van der Waals surface area contributed by atoms with Gasteiger partial charge in [-0.05, 0) is 81.5 Å². The van der Waals surface area contributed by atoms with Crippen LogP contribution < -0.4 is 4.74 Å². The minimum atomic E-state index is -0.682. The van der Waals surface area contributed by atoms with Crippen molar-refractivity contribution in [3.8, 4) is 5.75 Å². The molecule has 0 saturated carbocycles. The summed E-state index contributed by atoms with van der Waals surface area (Å²) < 4.78 is 5.88. The second kappa shape index (κ2) is 11.2. The van der Waals surface area contributed by atoms with Crippen LogP contribution in [0, 0.1) is 6.92 Å². The molecule has 1 amide bonds. The summed E-state index contributed by atoms with van der Waals surface area (Å²) in [5.74, 6) is -0.840. The lowest BCUT2D eigenvalue weighted by Crippen LogP contribution is -2.32. The van der Waals surface area contributed by atoms with Crippen molar-refractivity contribution >= 4 is 17.4 Å². The van der Waals surface area contributed by atoms with Crippen molar-refractivity contribution in [2.75, 3.05) is 27.2 Å². The highest BCUT2D eigenvalue weighted by molar-refractivity contribution is 6.46. The van der Waals surface area contributed by atoms with E-state index in [0.717, 1.165) is 17.7 Å². The van der Waals surface area contributed by atoms with Crippen LogP contribution in [0.1, 0.15) is 34.7 Å². The number of Topliss-reactive ketones (excluding diaryl/α,β-unsaturated/α-hetero) is 1. The van der Waals surface area contributed by atoms with E-state index in [1.807, 2.05) is 44.1 Å². The summed E-state index contributed by atoms with van der Waals surface area (Å²) in [6.07, 6.45) is 3.94. The van der Waals surface area contributed by atoms with Gasteiger partial charge in [0, 0.05) is 24.5 Å². The summed E-state index contributed by atoms with van der Waals surface area (Å²) in [6, 6.07) is 17.9. The van der Waals surface area contributed by atoms with Crippen molar-refractivity contribution in [1.29, 1.82) is 0 Å². The third-order valence-corrected chi connectivity index (χ3v) is 6.18. The van der Waals surface area contributed by atoms with Gasteiger partial charge in [0.2, 0.25) is 0 Å². The highest BCUT2D eigenvalue weighted by Crippen LogP contribution is 2.39. The van der Waals surface area contributed by atoms with Crippen molar-refractivity contribution in [3.63, 3.8) is 0 Å². The molecule has 1 aliphatic heterocycles. The number of likely N-dealkylation sites (tertiary alicyclic amines) is 1. The fourth-order valence-corrected chi connectivity index (χ4v) is 4.39. The average Bonchev–Trinajstić information content (AvgIpc) is 3.13. The smallest absolute Gasteiger partial charge is 0.295 e. The van der Waals surface area contributed by atoms with E-state index in [1.54, 1.807) is 53.7 Å². The van der Waals surface area contributed by atoms with Gasteiger partial charge < -0.3 is 19.6 Å². The van der Waals surface area contributed by atoms with Gasteiger partial charge in [-0.3, -0.25) is 14.6 Å². The normalized spacial score (nSPS) is 17.1. The van der Waals surface area contributed by atoms with Gasteiger partial charge in [-0.1, -0.05) is 29.8 Å². The zero-order valence-electron chi connectivity index (χ0n) is 20.8. The van der Waals surface area contributed by atoms with E-state index in [-0.39, 0.29) is 11.3 Å². The van der Waals surface area contributed by atoms with Crippen molar-refractivity contribution in [1.82, 2.24) is 14.8 Å². The Labute approximate surface area is 211 Å². The molecule has 1 N–H and O–H groups in total. The van der Waals surface area contributed by atoms with E-state index in [2.05, 4.69) is 11.1 Å². The Balaban J connectivity index is 1.60. The number of rotatable bonds is 9. The number of ether oxygens (including phenoxy) is 1. The number of aliphatic hydroxyl groups excluding tert-OH is 1. The van der Waals surface area contributed by atoms with Gasteiger partial charge in [0.25, 0.3) is 11.7 Å². The number of hydrogen-bond donors (Lipinski definition) is 1. The molecule has 0 bridgehead atoms. The van der Waals surface area contributed by atoms with Crippen LogP contribution in [0.5, 0.6) is 5.75 Å². The largest absolute Gasteiger partial charge is 0.507 e. The van der Waals surface area contributed by atoms with Gasteiger partial charge in [-0.15, -0.1) is 0 Å². The Kier molecular flexibility index (Phi) is 7.80. The van der Waals surface area contributed by atoms with Crippen LogP contribution in [0.15, 0.2) is 78.6 Å². The van der Waals surface area contributed by atoms with Crippen LogP contribution in [0.2, 0.25) is 0 Å². The first-order chi connectivity index (χ1) is 17.3. The summed E-state index contributed by atoms with van der Waals surface area (Å²) in [7, 11) is 3.92. The van der Waals surface area contributed by atoms with Crippen molar-refractivity contribution in [2.24, 2.45) is 0 Å². The zero-order valence-corrected chi connectivity index (χ0v) is 20.8. The minimum Gasteiger partial charge on any atom is -0.507 e. The molecular weight excluding hydrogens is 454 g/mol. The van der Waals surface area contributed by atoms with Gasteiger partial charge in [-0.2, -0.15) is 0 Å². The lowest BCUT2D eigenvalue weighted by atomic mass is 9.96. The van der Waals surface area contributed by atoms with E-state index in [1.165, 1.54) is 5.56 Å². The number of aromatic nitrogens is 1. The highest BCUT2D eigenvalue weighted by Gasteiger charge is 2.45. The van der Waals surface area contributed by atoms with E-state index in [9.17, 15) is 14.7 Å². The SMILES string of the molecule is Cc1cccc(COc2ccc(C(O)=C3C(=O)C(=O)N(CCCN(C)C)C3c3ccncc3)cc2)c1. The fraction of sp³-hybridized carbons (Fsp3) is 0.276. The van der Waals surface area contributed by atoms with Gasteiger partial charge in [-0.25, -0.2) is 0 Å². The molecule has 2 aromatic carbocycles. The highest BCUT2D eigenvalue weighted by atomic mass is 16.5. The quantitative estimate of drug-likeness (QED) is 0.276. The number of nitrogens with zero attached hydrogens (tertiary/aromatic N) is 3. The molecule has 0 spiro atoms. The number of ketones is 1. The molecular formula is C29H31N3O4. The topological polar surface area (TPSA) is 83.0 Å². The number of carbonyl (C=O) groups excluding carboxylic acids is 2. The third-order valence-electron chi connectivity index (χ3n) is 6.18. The van der Waals surface area contributed by atoms with Gasteiger partial charge in [0.1, 0.15) is 18.1 Å². The molecule has 1 fully saturated rings. The van der Waals surface area contributed by atoms with Crippen LogP contribution in [0.3, 0.4) is 0 Å². The maximum Gasteiger partial charge on any atom is 0.295 e. The van der Waals surface area contributed by atoms with Crippen LogP contribution >= 0.6 is 0 Å². The second-order valence-corrected chi connectivity index (χ2v) is 9.23. The maximum absolute atomic E-state index is 13.1. The number of amides is 1. The maximum atomic E-state index is 13.1. The molecule has 0 aliphatic carbocycles.